The molecular formula is C19H21N3O5S. The van der Waals surface area contributed by atoms with E-state index in [2.05, 4.69) is 12.2 Å². The summed E-state index contributed by atoms with van der Waals surface area (Å²) in [6.45, 7) is 3.54. The van der Waals surface area contributed by atoms with Crippen LogP contribution in [0.3, 0.4) is 0 Å². The van der Waals surface area contributed by atoms with Crippen LogP contribution >= 0.6 is 11.3 Å². The van der Waals surface area contributed by atoms with Gasteiger partial charge in [-0.25, -0.2) is 0 Å². The summed E-state index contributed by atoms with van der Waals surface area (Å²) in [5.74, 6) is -0.0552. The largest absolute Gasteiger partial charge is 0.483 e. The van der Waals surface area contributed by atoms with Gasteiger partial charge in [0.25, 0.3) is 17.5 Å². The van der Waals surface area contributed by atoms with Crippen molar-refractivity contribution >= 4 is 33.8 Å². The number of nitrogens with two attached hydrogens (primary N) is 1. The smallest absolute Gasteiger partial charge is 0.269 e. The van der Waals surface area contributed by atoms with Gasteiger partial charge < -0.3 is 15.8 Å². The van der Waals surface area contributed by atoms with E-state index in [4.69, 9.17) is 10.5 Å². The van der Waals surface area contributed by atoms with Crippen LogP contribution < -0.4 is 15.8 Å². The van der Waals surface area contributed by atoms with Gasteiger partial charge in [-0.2, -0.15) is 0 Å². The Balaban J connectivity index is 1.70. The topological polar surface area (TPSA) is 125 Å². The molecule has 0 radical (unpaired) electrons. The fourth-order valence-corrected chi connectivity index (χ4v) is 4.75. The Morgan fingerprint density at radius 1 is 1.43 bits per heavy atom. The maximum Gasteiger partial charge on any atom is 0.269 e. The van der Waals surface area contributed by atoms with Gasteiger partial charge in [0.05, 0.1) is 10.5 Å². The molecule has 0 saturated carbocycles. The molecular weight excluding hydrogens is 382 g/mol. The zero-order chi connectivity index (χ0) is 20.4. The number of anilines is 1. The van der Waals surface area contributed by atoms with Crippen molar-refractivity contribution in [1.82, 2.24) is 0 Å². The van der Waals surface area contributed by atoms with Crippen LogP contribution in [0, 0.1) is 23.0 Å². The van der Waals surface area contributed by atoms with Crippen molar-refractivity contribution in [1.29, 1.82) is 0 Å². The maximum absolute atomic E-state index is 12.3. The van der Waals surface area contributed by atoms with E-state index >= 15 is 0 Å². The van der Waals surface area contributed by atoms with Crippen LogP contribution in [0.4, 0.5) is 10.7 Å². The van der Waals surface area contributed by atoms with Crippen LogP contribution in [0.1, 0.15) is 39.7 Å². The number of ether oxygens (including phenoxy) is 1. The van der Waals surface area contributed by atoms with Crippen LogP contribution in [0.25, 0.3) is 0 Å². The highest BCUT2D eigenvalue weighted by Gasteiger charge is 2.27. The molecule has 1 aliphatic rings. The van der Waals surface area contributed by atoms with Crippen molar-refractivity contribution < 1.29 is 19.2 Å². The summed E-state index contributed by atoms with van der Waals surface area (Å²) in [5, 5.41) is 14.0. The zero-order valence-electron chi connectivity index (χ0n) is 15.6. The van der Waals surface area contributed by atoms with E-state index in [1.807, 2.05) is 0 Å². The normalized spacial score (nSPS) is 15.6. The second-order valence-corrected chi connectivity index (χ2v) is 8.07. The number of primary amides is 1. The van der Waals surface area contributed by atoms with Gasteiger partial charge in [-0.15, -0.1) is 11.3 Å². The lowest BCUT2D eigenvalue weighted by Gasteiger charge is -2.18. The number of amides is 2. The summed E-state index contributed by atoms with van der Waals surface area (Å²) >= 11 is 1.39. The number of nitro groups is 1. The van der Waals surface area contributed by atoms with Crippen LogP contribution in [0.15, 0.2) is 18.2 Å². The van der Waals surface area contributed by atoms with E-state index in [1.165, 1.54) is 29.5 Å². The number of hydrogen-bond acceptors (Lipinski definition) is 6. The fraction of sp³-hybridized carbons (Fsp3) is 0.368. The highest BCUT2D eigenvalue weighted by molar-refractivity contribution is 7.17. The number of carbonyl (C=O) groups is 2. The number of non-ortho nitro benzene ring substituents is 1. The SMILES string of the molecule is Cc1cc([N+](=O)[O-])ccc1OCC(=O)Nc1sc2c(c1C(N)=O)CCC(C)C2. The third-order valence-corrected chi connectivity index (χ3v) is 5.91. The lowest BCUT2D eigenvalue weighted by molar-refractivity contribution is -0.384. The second kappa shape index (κ2) is 7.97. The van der Waals surface area contributed by atoms with E-state index in [0.717, 1.165) is 29.7 Å². The number of aryl methyl sites for hydroxylation is 1. The third-order valence-electron chi connectivity index (χ3n) is 4.74. The van der Waals surface area contributed by atoms with Crippen molar-refractivity contribution in [2.75, 3.05) is 11.9 Å². The first kappa shape index (κ1) is 19.8. The molecule has 148 valence electrons. The molecule has 3 rings (SSSR count). The molecule has 0 saturated heterocycles. The molecule has 0 fully saturated rings. The van der Waals surface area contributed by atoms with Crippen molar-refractivity contribution in [3.05, 3.63) is 49.9 Å². The molecule has 1 aromatic carbocycles. The Morgan fingerprint density at radius 2 is 2.18 bits per heavy atom. The number of nitrogens with zero attached hydrogens (tertiary/aromatic N) is 1. The maximum atomic E-state index is 12.3. The predicted molar refractivity (Wildman–Crippen MR) is 106 cm³/mol. The molecule has 2 aromatic rings. The Morgan fingerprint density at radius 3 is 2.82 bits per heavy atom. The monoisotopic (exact) mass is 403 g/mol. The third kappa shape index (κ3) is 4.14. The van der Waals surface area contributed by atoms with Crippen molar-refractivity contribution in [2.45, 2.75) is 33.1 Å². The number of nitro benzene ring substituents is 1. The molecule has 3 N–H and O–H groups in total. The molecule has 0 bridgehead atoms. The van der Waals surface area contributed by atoms with Gasteiger partial charge in [-0.05, 0) is 49.3 Å². The minimum atomic E-state index is -0.547. The van der Waals surface area contributed by atoms with Gasteiger partial charge in [0, 0.05) is 17.0 Å². The minimum Gasteiger partial charge on any atom is -0.483 e. The number of thiophene rings is 1. The molecule has 8 nitrogen and oxygen atoms in total. The number of hydrogen-bond donors (Lipinski definition) is 2. The van der Waals surface area contributed by atoms with Crippen molar-refractivity contribution in [2.24, 2.45) is 11.7 Å². The van der Waals surface area contributed by atoms with E-state index in [1.54, 1.807) is 6.92 Å². The molecule has 1 unspecified atom stereocenters. The summed E-state index contributed by atoms with van der Waals surface area (Å²) in [7, 11) is 0. The quantitative estimate of drug-likeness (QED) is 0.566. The average Bonchev–Trinajstić information content (AvgIpc) is 2.97. The Bertz CT molecular complexity index is 953. The van der Waals surface area contributed by atoms with Gasteiger partial charge in [0.2, 0.25) is 0 Å². The van der Waals surface area contributed by atoms with Gasteiger partial charge in [-0.3, -0.25) is 19.7 Å². The first-order chi connectivity index (χ1) is 13.3. The fourth-order valence-electron chi connectivity index (χ4n) is 3.31. The van der Waals surface area contributed by atoms with Gasteiger partial charge >= 0.3 is 0 Å². The number of fused-ring (bicyclic) bond motifs is 1. The Hall–Kier alpha value is -2.94. The van der Waals surface area contributed by atoms with Gasteiger partial charge in [0.15, 0.2) is 6.61 Å². The number of rotatable bonds is 6. The highest BCUT2D eigenvalue weighted by Crippen LogP contribution is 2.39. The van der Waals surface area contributed by atoms with Crippen LogP contribution in [-0.4, -0.2) is 23.3 Å². The predicted octanol–water partition coefficient (Wildman–Crippen LogP) is 3.21. The molecule has 28 heavy (non-hydrogen) atoms. The molecule has 1 aromatic heterocycles. The van der Waals surface area contributed by atoms with Crippen LogP contribution in [-0.2, 0) is 17.6 Å². The summed E-state index contributed by atoms with van der Waals surface area (Å²) in [4.78, 5) is 35.6. The first-order valence-corrected chi connectivity index (χ1v) is 9.70. The summed E-state index contributed by atoms with van der Waals surface area (Å²) in [6.07, 6.45) is 2.63. The molecule has 1 atom stereocenters. The number of nitrogens with one attached hydrogen (secondary N) is 1. The summed E-state index contributed by atoms with van der Waals surface area (Å²) in [5.41, 5.74) is 7.40. The standard InChI is InChI=1S/C19H21N3O5S/c1-10-3-5-13-15(7-10)28-19(17(13)18(20)24)21-16(23)9-27-14-6-4-12(22(25)26)8-11(14)2/h4,6,8,10H,3,5,7,9H2,1-2H3,(H2,20,24)(H,21,23). The molecule has 9 heteroatoms. The van der Waals surface area contributed by atoms with E-state index in [0.29, 0.717) is 27.8 Å². The average molecular weight is 403 g/mol. The van der Waals surface area contributed by atoms with E-state index in [-0.39, 0.29) is 12.3 Å². The molecule has 2 amide bonds. The lowest BCUT2D eigenvalue weighted by Crippen LogP contribution is -2.23. The molecule has 1 heterocycles. The Kier molecular flexibility index (Phi) is 5.64. The zero-order valence-corrected chi connectivity index (χ0v) is 16.4. The number of carbonyl (C=O) groups excluding carboxylic acids is 2. The highest BCUT2D eigenvalue weighted by atomic mass is 32.1. The lowest BCUT2D eigenvalue weighted by atomic mass is 9.88. The van der Waals surface area contributed by atoms with Crippen molar-refractivity contribution in [3.8, 4) is 5.75 Å². The second-order valence-electron chi connectivity index (χ2n) is 6.96. The van der Waals surface area contributed by atoms with Crippen LogP contribution in [0.2, 0.25) is 0 Å². The van der Waals surface area contributed by atoms with E-state index in [9.17, 15) is 19.7 Å². The number of benzene rings is 1. The minimum absolute atomic E-state index is 0.0428. The molecule has 0 spiro atoms. The Labute approximate surface area is 165 Å². The first-order valence-electron chi connectivity index (χ1n) is 8.88. The van der Waals surface area contributed by atoms with E-state index < -0.39 is 16.7 Å². The summed E-state index contributed by atoms with van der Waals surface area (Å²) in [6, 6.07) is 4.16. The van der Waals surface area contributed by atoms with Gasteiger partial charge in [-0.1, -0.05) is 6.92 Å². The summed E-state index contributed by atoms with van der Waals surface area (Å²) < 4.78 is 5.48. The van der Waals surface area contributed by atoms with Crippen LogP contribution in [0.5, 0.6) is 5.75 Å². The van der Waals surface area contributed by atoms with Gasteiger partial charge in [0.1, 0.15) is 10.8 Å². The molecule has 0 aliphatic heterocycles. The molecule has 1 aliphatic carbocycles. The van der Waals surface area contributed by atoms with Crippen molar-refractivity contribution in [3.63, 3.8) is 0 Å².